The number of methoxy groups -OCH3 is 3. The van der Waals surface area contributed by atoms with E-state index in [4.69, 9.17) is 14.2 Å². The molecule has 6 heteroatoms. The first-order valence-electron chi connectivity index (χ1n) is 9.05. The summed E-state index contributed by atoms with van der Waals surface area (Å²) in [6.07, 6.45) is 1.82. The lowest BCUT2D eigenvalue weighted by atomic mass is 10.2. The van der Waals surface area contributed by atoms with Crippen LogP contribution in [0.3, 0.4) is 0 Å². The summed E-state index contributed by atoms with van der Waals surface area (Å²) in [6.45, 7) is 5.76. The zero-order chi connectivity index (χ0) is 19.2. The van der Waals surface area contributed by atoms with Gasteiger partial charge < -0.3 is 19.1 Å². The van der Waals surface area contributed by atoms with Crippen molar-refractivity contribution in [2.45, 2.75) is 6.92 Å². The van der Waals surface area contributed by atoms with Gasteiger partial charge in [-0.3, -0.25) is 5.01 Å². The van der Waals surface area contributed by atoms with E-state index < -0.39 is 0 Å². The summed E-state index contributed by atoms with van der Waals surface area (Å²) in [7, 11) is 4.87. The standard InChI is InChI=1S/C21H27N3O3/c1-16-5-7-18(8-6-16)23-9-11-24(12-10-23)22-15-17-13-20(26-3)21(27-4)14-19(17)25-2/h5-8,13-15H,9-12H2,1-4H3. The van der Waals surface area contributed by atoms with Crippen LogP contribution in [0.4, 0.5) is 5.69 Å². The minimum atomic E-state index is 0.637. The van der Waals surface area contributed by atoms with Gasteiger partial charge in [-0.2, -0.15) is 5.10 Å². The van der Waals surface area contributed by atoms with E-state index >= 15 is 0 Å². The van der Waals surface area contributed by atoms with E-state index in [0.717, 1.165) is 31.7 Å². The van der Waals surface area contributed by atoms with Gasteiger partial charge in [0.25, 0.3) is 0 Å². The molecule has 1 fully saturated rings. The average molecular weight is 369 g/mol. The van der Waals surface area contributed by atoms with Gasteiger partial charge in [-0.15, -0.1) is 0 Å². The summed E-state index contributed by atoms with van der Waals surface area (Å²) in [6, 6.07) is 12.4. The number of nitrogens with zero attached hydrogens (tertiary/aromatic N) is 3. The van der Waals surface area contributed by atoms with Gasteiger partial charge in [0, 0.05) is 30.4 Å². The Morgan fingerprint density at radius 2 is 1.41 bits per heavy atom. The summed E-state index contributed by atoms with van der Waals surface area (Å²) in [5.74, 6) is 2.00. The van der Waals surface area contributed by atoms with Crippen LogP contribution in [-0.4, -0.2) is 58.7 Å². The van der Waals surface area contributed by atoms with Gasteiger partial charge in [0.15, 0.2) is 11.5 Å². The highest BCUT2D eigenvalue weighted by Gasteiger charge is 2.16. The molecule has 6 nitrogen and oxygen atoms in total. The monoisotopic (exact) mass is 369 g/mol. The minimum Gasteiger partial charge on any atom is -0.496 e. The number of piperazine rings is 1. The van der Waals surface area contributed by atoms with Crippen molar-refractivity contribution in [3.8, 4) is 17.2 Å². The maximum atomic E-state index is 5.46. The molecule has 0 bridgehead atoms. The highest BCUT2D eigenvalue weighted by Crippen LogP contribution is 2.33. The highest BCUT2D eigenvalue weighted by molar-refractivity contribution is 5.85. The van der Waals surface area contributed by atoms with E-state index in [1.54, 1.807) is 21.3 Å². The molecule has 0 unspecified atom stereocenters. The van der Waals surface area contributed by atoms with Crippen molar-refractivity contribution in [2.75, 3.05) is 52.4 Å². The fourth-order valence-corrected chi connectivity index (χ4v) is 3.12. The van der Waals surface area contributed by atoms with Crippen molar-refractivity contribution in [3.63, 3.8) is 0 Å². The van der Waals surface area contributed by atoms with Crippen molar-refractivity contribution in [1.82, 2.24) is 5.01 Å². The normalized spacial score (nSPS) is 14.5. The Morgan fingerprint density at radius 1 is 0.815 bits per heavy atom. The van der Waals surface area contributed by atoms with Gasteiger partial charge in [0.2, 0.25) is 0 Å². The van der Waals surface area contributed by atoms with Crippen LogP contribution in [0.15, 0.2) is 41.5 Å². The molecule has 0 aromatic heterocycles. The minimum absolute atomic E-state index is 0.637. The van der Waals surface area contributed by atoms with Crippen LogP contribution in [-0.2, 0) is 0 Å². The molecule has 0 spiro atoms. The average Bonchev–Trinajstić information content (AvgIpc) is 2.72. The first kappa shape index (κ1) is 18.9. The lowest BCUT2D eigenvalue weighted by Gasteiger charge is -2.34. The molecule has 2 aromatic rings. The molecule has 0 saturated carbocycles. The number of ether oxygens (including phenoxy) is 3. The molecule has 0 amide bonds. The molecule has 0 radical (unpaired) electrons. The molecule has 1 heterocycles. The number of hydrogen-bond donors (Lipinski definition) is 0. The molecule has 0 N–H and O–H groups in total. The third-order valence-electron chi connectivity index (χ3n) is 4.75. The maximum absolute atomic E-state index is 5.46. The fourth-order valence-electron chi connectivity index (χ4n) is 3.12. The summed E-state index contributed by atoms with van der Waals surface area (Å²) < 4.78 is 16.2. The molecule has 1 aliphatic rings. The number of aryl methyl sites for hydroxylation is 1. The number of hydrogen-bond acceptors (Lipinski definition) is 6. The second-order valence-electron chi connectivity index (χ2n) is 6.47. The van der Waals surface area contributed by atoms with E-state index in [-0.39, 0.29) is 0 Å². The molecule has 0 aliphatic carbocycles. The zero-order valence-electron chi connectivity index (χ0n) is 16.4. The van der Waals surface area contributed by atoms with Crippen LogP contribution in [0.1, 0.15) is 11.1 Å². The van der Waals surface area contributed by atoms with E-state index in [9.17, 15) is 0 Å². The fraction of sp³-hybridized carbons (Fsp3) is 0.381. The first-order valence-corrected chi connectivity index (χ1v) is 9.05. The summed E-state index contributed by atoms with van der Waals surface area (Å²) in [5.41, 5.74) is 3.41. The van der Waals surface area contributed by atoms with Crippen molar-refractivity contribution < 1.29 is 14.2 Å². The Morgan fingerprint density at radius 3 is 2.00 bits per heavy atom. The van der Waals surface area contributed by atoms with E-state index in [1.807, 2.05) is 18.3 Å². The predicted molar refractivity (Wildman–Crippen MR) is 109 cm³/mol. The van der Waals surface area contributed by atoms with Crippen LogP contribution < -0.4 is 19.1 Å². The largest absolute Gasteiger partial charge is 0.496 e. The third kappa shape index (κ3) is 4.45. The second kappa shape index (κ2) is 8.66. The molecule has 1 saturated heterocycles. The lowest BCUT2D eigenvalue weighted by molar-refractivity contribution is 0.272. The Balaban J connectivity index is 1.66. The zero-order valence-corrected chi connectivity index (χ0v) is 16.4. The van der Waals surface area contributed by atoms with Crippen molar-refractivity contribution in [1.29, 1.82) is 0 Å². The molecule has 2 aromatic carbocycles. The number of benzene rings is 2. The summed E-state index contributed by atoms with van der Waals surface area (Å²) >= 11 is 0. The van der Waals surface area contributed by atoms with Crippen LogP contribution in [0, 0.1) is 6.92 Å². The van der Waals surface area contributed by atoms with Gasteiger partial charge in [-0.05, 0) is 25.1 Å². The topological polar surface area (TPSA) is 46.5 Å². The van der Waals surface area contributed by atoms with Gasteiger partial charge in [-0.1, -0.05) is 17.7 Å². The van der Waals surface area contributed by atoms with Crippen LogP contribution >= 0.6 is 0 Å². The Hall–Kier alpha value is -2.89. The van der Waals surface area contributed by atoms with Gasteiger partial charge in [0.05, 0.1) is 40.6 Å². The first-order chi connectivity index (χ1) is 13.1. The highest BCUT2D eigenvalue weighted by atomic mass is 16.5. The van der Waals surface area contributed by atoms with Crippen LogP contribution in [0.25, 0.3) is 0 Å². The molecular formula is C21H27N3O3. The van der Waals surface area contributed by atoms with Gasteiger partial charge in [-0.25, -0.2) is 0 Å². The Labute approximate surface area is 160 Å². The number of anilines is 1. The molecule has 27 heavy (non-hydrogen) atoms. The quantitative estimate of drug-likeness (QED) is 0.732. The number of hydrazone groups is 1. The third-order valence-corrected chi connectivity index (χ3v) is 4.75. The predicted octanol–water partition coefficient (Wildman–Crippen LogP) is 3.18. The molecule has 1 aliphatic heterocycles. The number of rotatable bonds is 6. The summed E-state index contributed by atoms with van der Waals surface area (Å²) in [4.78, 5) is 2.39. The summed E-state index contributed by atoms with van der Waals surface area (Å²) in [5, 5.41) is 6.72. The van der Waals surface area contributed by atoms with Crippen molar-refractivity contribution in [3.05, 3.63) is 47.5 Å². The van der Waals surface area contributed by atoms with E-state index in [2.05, 4.69) is 46.2 Å². The van der Waals surface area contributed by atoms with Crippen LogP contribution in [0.2, 0.25) is 0 Å². The van der Waals surface area contributed by atoms with Crippen LogP contribution in [0.5, 0.6) is 17.2 Å². The molecule has 0 atom stereocenters. The molecule has 144 valence electrons. The van der Waals surface area contributed by atoms with Crippen molar-refractivity contribution >= 4 is 11.9 Å². The Kier molecular flexibility index (Phi) is 6.06. The smallest absolute Gasteiger partial charge is 0.164 e. The molecular weight excluding hydrogens is 342 g/mol. The van der Waals surface area contributed by atoms with E-state index in [0.29, 0.717) is 17.2 Å². The Bertz CT molecular complexity index is 782. The van der Waals surface area contributed by atoms with Crippen molar-refractivity contribution in [2.24, 2.45) is 5.10 Å². The van der Waals surface area contributed by atoms with E-state index in [1.165, 1.54) is 11.3 Å². The van der Waals surface area contributed by atoms with Gasteiger partial charge in [0.1, 0.15) is 5.75 Å². The van der Waals surface area contributed by atoms with Gasteiger partial charge >= 0.3 is 0 Å². The second-order valence-corrected chi connectivity index (χ2v) is 6.47. The maximum Gasteiger partial charge on any atom is 0.164 e. The lowest BCUT2D eigenvalue weighted by Crippen LogP contribution is -2.44. The molecule has 3 rings (SSSR count). The SMILES string of the molecule is COc1cc(OC)c(OC)cc1C=NN1CCN(c2ccc(C)cc2)CC1.